The lowest BCUT2D eigenvalue weighted by Gasteiger charge is -2.24. The molecule has 25 heavy (non-hydrogen) atoms. The first-order valence-corrected chi connectivity index (χ1v) is 10.2. The summed E-state index contributed by atoms with van der Waals surface area (Å²) >= 11 is 0. The number of anilines is 1. The Kier molecular flexibility index (Phi) is 5.20. The summed E-state index contributed by atoms with van der Waals surface area (Å²) < 4.78 is 22.9. The molecule has 3 rings (SSSR count). The van der Waals surface area contributed by atoms with Crippen molar-refractivity contribution >= 4 is 21.4 Å². The number of likely N-dealkylation sites (tertiary alicyclic amines) is 1. The standard InChI is InChI=1S/C19H22N2O3S/c1-25(23,24)17-11-9-16(10-12-17)20-19(22)14-21-13-5-8-18(21)15-6-3-2-4-7-15/h2-4,6-7,9-12,18H,5,8,13-14H2,1H3,(H,20,22). The Bertz CT molecular complexity index is 833. The van der Waals surface area contributed by atoms with Gasteiger partial charge >= 0.3 is 0 Å². The van der Waals surface area contributed by atoms with E-state index in [-0.39, 0.29) is 16.8 Å². The number of sulfone groups is 1. The summed E-state index contributed by atoms with van der Waals surface area (Å²) in [7, 11) is -3.23. The van der Waals surface area contributed by atoms with E-state index in [1.165, 1.54) is 17.7 Å². The van der Waals surface area contributed by atoms with Crippen molar-refractivity contribution in [3.63, 3.8) is 0 Å². The van der Waals surface area contributed by atoms with Crippen LogP contribution in [0.4, 0.5) is 5.69 Å². The van der Waals surface area contributed by atoms with E-state index in [0.717, 1.165) is 25.6 Å². The molecule has 2 aromatic rings. The lowest BCUT2D eigenvalue weighted by atomic mass is 10.0. The van der Waals surface area contributed by atoms with E-state index < -0.39 is 9.84 Å². The molecule has 1 saturated heterocycles. The van der Waals surface area contributed by atoms with Crippen molar-refractivity contribution in [2.45, 2.75) is 23.8 Å². The predicted octanol–water partition coefficient (Wildman–Crippen LogP) is 2.87. The smallest absolute Gasteiger partial charge is 0.238 e. The van der Waals surface area contributed by atoms with Crippen LogP contribution in [0.5, 0.6) is 0 Å². The minimum atomic E-state index is -3.23. The fourth-order valence-corrected chi connectivity index (χ4v) is 3.87. The van der Waals surface area contributed by atoms with Gasteiger partial charge in [-0.3, -0.25) is 9.69 Å². The van der Waals surface area contributed by atoms with Gasteiger partial charge in [-0.25, -0.2) is 8.42 Å². The van der Waals surface area contributed by atoms with Gasteiger partial charge in [0.2, 0.25) is 5.91 Å². The summed E-state index contributed by atoms with van der Waals surface area (Å²) in [5.74, 6) is -0.0880. The van der Waals surface area contributed by atoms with Gasteiger partial charge < -0.3 is 5.32 Å². The van der Waals surface area contributed by atoms with Gasteiger partial charge in [-0.05, 0) is 49.2 Å². The Morgan fingerprint density at radius 2 is 1.80 bits per heavy atom. The van der Waals surface area contributed by atoms with Crippen LogP contribution in [0.2, 0.25) is 0 Å². The molecule has 1 aliphatic rings. The Labute approximate surface area is 148 Å². The summed E-state index contributed by atoms with van der Waals surface area (Å²) in [4.78, 5) is 14.8. The van der Waals surface area contributed by atoms with Crippen molar-refractivity contribution in [3.05, 3.63) is 60.2 Å². The summed E-state index contributed by atoms with van der Waals surface area (Å²) in [5, 5.41) is 2.84. The van der Waals surface area contributed by atoms with E-state index in [0.29, 0.717) is 12.2 Å². The van der Waals surface area contributed by atoms with E-state index >= 15 is 0 Å². The maximum Gasteiger partial charge on any atom is 0.238 e. The molecule has 5 nitrogen and oxygen atoms in total. The van der Waals surface area contributed by atoms with E-state index in [2.05, 4.69) is 22.3 Å². The summed E-state index contributed by atoms with van der Waals surface area (Å²) in [5.41, 5.74) is 1.85. The van der Waals surface area contributed by atoms with E-state index in [1.807, 2.05) is 18.2 Å². The third-order valence-electron chi connectivity index (χ3n) is 4.46. The van der Waals surface area contributed by atoms with Gasteiger partial charge in [-0.2, -0.15) is 0 Å². The topological polar surface area (TPSA) is 66.5 Å². The van der Waals surface area contributed by atoms with Crippen LogP contribution < -0.4 is 5.32 Å². The maximum absolute atomic E-state index is 12.4. The van der Waals surface area contributed by atoms with Crippen LogP contribution in [0, 0.1) is 0 Å². The molecule has 0 aromatic heterocycles. The maximum atomic E-state index is 12.4. The van der Waals surface area contributed by atoms with Crippen LogP contribution >= 0.6 is 0 Å². The summed E-state index contributed by atoms with van der Waals surface area (Å²) in [6, 6.07) is 16.8. The highest BCUT2D eigenvalue weighted by molar-refractivity contribution is 7.90. The van der Waals surface area contributed by atoms with Gasteiger partial charge in [0.1, 0.15) is 0 Å². The minimum absolute atomic E-state index is 0.0880. The number of carbonyl (C=O) groups is 1. The molecule has 2 aromatic carbocycles. The molecule has 0 radical (unpaired) electrons. The van der Waals surface area contributed by atoms with Crippen molar-refractivity contribution in [2.24, 2.45) is 0 Å². The van der Waals surface area contributed by atoms with Crippen LogP contribution in [0.3, 0.4) is 0 Å². The number of nitrogens with zero attached hydrogens (tertiary/aromatic N) is 1. The number of benzene rings is 2. The molecule has 6 heteroatoms. The fraction of sp³-hybridized carbons (Fsp3) is 0.316. The van der Waals surface area contributed by atoms with Crippen LogP contribution in [-0.2, 0) is 14.6 Å². The lowest BCUT2D eigenvalue weighted by molar-refractivity contribution is -0.117. The van der Waals surface area contributed by atoms with Gasteiger partial charge in [-0.15, -0.1) is 0 Å². The highest BCUT2D eigenvalue weighted by atomic mass is 32.2. The second kappa shape index (κ2) is 7.37. The molecular formula is C19H22N2O3S. The molecule has 1 aliphatic heterocycles. The average Bonchev–Trinajstić information content (AvgIpc) is 3.03. The average molecular weight is 358 g/mol. The Morgan fingerprint density at radius 1 is 1.12 bits per heavy atom. The van der Waals surface area contributed by atoms with Gasteiger partial charge in [-0.1, -0.05) is 30.3 Å². The molecule has 1 fully saturated rings. The molecule has 1 N–H and O–H groups in total. The first kappa shape index (κ1) is 17.6. The largest absolute Gasteiger partial charge is 0.325 e. The summed E-state index contributed by atoms with van der Waals surface area (Å²) in [6.45, 7) is 1.23. The summed E-state index contributed by atoms with van der Waals surface area (Å²) in [6.07, 6.45) is 3.30. The van der Waals surface area contributed by atoms with Crippen LogP contribution in [-0.4, -0.2) is 38.6 Å². The van der Waals surface area contributed by atoms with Gasteiger partial charge in [0.25, 0.3) is 0 Å². The van der Waals surface area contributed by atoms with E-state index in [9.17, 15) is 13.2 Å². The molecule has 1 amide bonds. The highest BCUT2D eigenvalue weighted by Crippen LogP contribution is 2.31. The van der Waals surface area contributed by atoms with Crippen LogP contribution in [0.15, 0.2) is 59.5 Å². The first-order valence-electron chi connectivity index (χ1n) is 8.32. The number of amides is 1. The first-order chi connectivity index (χ1) is 11.9. The fourth-order valence-electron chi connectivity index (χ4n) is 3.24. The molecule has 1 unspecified atom stereocenters. The normalized spacial score (nSPS) is 18.2. The molecule has 1 heterocycles. The highest BCUT2D eigenvalue weighted by Gasteiger charge is 2.27. The van der Waals surface area contributed by atoms with Crippen molar-refractivity contribution in [1.29, 1.82) is 0 Å². The molecular weight excluding hydrogens is 336 g/mol. The van der Waals surface area contributed by atoms with Crippen molar-refractivity contribution in [2.75, 3.05) is 24.7 Å². The molecule has 0 aliphatic carbocycles. The SMILES string of the molecule is CS(=O)(=O)c1ccc(NC(=O)CN2CCCC2c2ccccc2)cc1. The number of rotatable bonds is 5. The van der Waals surface area contributed by atoms with Gasteiger partial charge in [0.05, 0.1) is 11.4 Å². The third kappa shape index (κ3) is 4.46. The third-order valence-corrected chi connectivity index (χ3v) is 5.59. The number of nitrogens with one attached hydrogen (secondary N) is 1. The van der Waals surface area contributed by atoms with Crippen LogP contribution in [0.1, 0.15) is 24.4 Å². The molecule has 132 valence electrons. The number of carbonyl (C=O) groups excluding carboxylic acids is 1. The van der Waals surface area contributed by atoms with Gasteiger partial charge in [0.15, 0.2) is 9.84 Å². The lowest BCUT2D eigenvalue weighted by Crippen LogP contribution is -2.32. The zero-order valence-corrected chi connectivity index (χ0v) is 15.0. The molecule has 0 saturated carbocycles. The van der Waals surface area contributed by atoms with Crippen molar-refractivity contribution in [1.82, 2.24) is 4.90 Å². The Hall–Kier alpha value is -2.18. The number of hydrogen-bond acceptors (Lipinski definition) is 4. The second-order valence-corrected chi connectivity index (χ2v) is 8.40. The number of hydrogen-bond donors (Lipinski definition) is 1. The molecule has 1 atom stereocenters. The van der Waals surface area contributed by atoms with E-state index in [4.69, 9.17) is 0 Å². The van der Waals surface area contributed by atoms with E-state index in [1.54, 1.807) is 12.1 Å². The Morgan fingerprint density at radius 3 is 2.44 bits per heavy atom. The van der Waals surface area contributed by atoms with Crippen molar-refractivity contribution < 1.29 is 13.2 Å². The second-order valence-electron chi connectivity index (χ2n) is 6.38. The van der Waals surface area contributed by atoms with Gasteiger partial charge in [0, 0.05) is 18.0 Å². The quantitative estimate of drug-likeness (QED) is 0.892. The molecule has 0 bridgehead atoms. The molecule has 0 spiro atoms. The Balaban J connectivity index is 1.62. The minimum Gasteiger partial charge on any atom is -0.325 e. The zero-order valence-electron chi connectivity index (χ0n) is 14.2. The van der Waals surface area contributed by atoms with Crippen molar-refractivity contribution in [3.8, 4) is 0 Å². The zero-order chi connectivity index (χ0) is 17.9. The van der Waals surface area contributed by atoms with Crippen LogP contribution in [0.25, 0.3) is 0 Å². The predicted molar refractivity (Wildman–Crippen MR) is 98.2 cm³/mol. The monoisotopic (exact) mass is 358 g/mol.